The predicted molar refractivity (Wildman–Crippen MR) is 136 cm³/mol. The molecule has 188 valence electrons. The van der Waals surface area contributed by atoms with Gasteiger partial charge < -0.3 is 9.22 Å². The minimum absolute atomic E-state index is 0.0347. The van der Waals surface area contributed by atoms with Crippen molar-refractivity contribution in [2.45, 2.75) is 63.5 Å². The van der Waals surface area contributed by atoms with E-state index in [0.29, 0.717) is 5.92 Å². The highest BCUT2D eigenvalue weighted by Crippen LogP contribution is 2.38. The standard InChI is InChI=1S/C30H40FN2O2/c1-30(26-11-5-4-6-12-26,32-17-7-2-3-8-18-32)29(34)35-28-23-33(20-15-25(28)16-21-33)19-14-24-10-9-13-27(31)22-24/h4-6,9-13,22,25,28H,2-3,7-8,14-21,23H2,1H3/q+1/t25?,28-,30?,33?/m1/s1. The highest BCUT2D eigenvalue weighted by Gasteiger charge is 2.50. The average Bonchev–Trinajstić information content (AvgIpc) is 3.18. The maximum Gasteiger partial charge on any atom is 0.331 e. The van der Waals surface area contributed by atoms with E-state index in [0.717, 1.165) is 87.0 Å². The summed E-state index contributed by atoms with van der Waals surface area (Å²) in [5.41, 5.74) is 1.32. The Labute approximate surface area is 209 Å². The molecule has 1 unspecified atom stereocenters. The summed E-state index contributed by atoms with van der Waals surface area (Å²) in [5.74, 6) is 0.199. The number of carbonyl (C=O) groups excluding carboxylic acids is 1. The number of fused-ring (bicyclic) bond motifs is 3. The smallest absolute Gasteiger partial charge is 0.331 e. The Morgan fingerprint density at radius 3 is 2.43 bits per heavy atom. The first-order valence-electron chi connectivity index (χ1n) is 13.6. The molecule has 4 aliphatic rings. The lowest BCUT2D eigenvalue weighted by Crippen LogP contribution is -2.65. The summed E-state index contributed by atoms with van der Waals surface area (Å²) in [6, 6.07) is 17.2. The monoisotopic (exact) mass is 479 g/mol. The number of esters is 1. The molecule has 0 aromatic heterocycles. The summed E-state index contributed by atoms with van der Waals surface area (Å²) in [5, 5.41) is 0. The molecule has 4 saturated heterocycles. The van der Waals surface area contributed by atoms with Crippen molar-refractivity contribution < 1.29 is 18.4 Å². The van der Waals surface area contributed by atoms with Crippen LogP contribution < -0.4 is 0 Å². The van der Waals surface area contributed by atoms with Crippen molar-refractivity contribution in [3.8, 4) is 0 Å². The Morgan fingerprint density at radius 1 is 1.03 bits per heavy atom. The van der Waals surface area contributed by atoms with Gasteiger partial charge in [-0.1, -0.05) is 55.3 Å². The maximum absolute atomic E-state index is 14.0. The largest absolute Gasteiger partial charge is 0.454 e. The van der Waals surface area contributed by atoms with Crippen LogP contribution in [0.3, 0.4) is 0 Å². The van der Waals surface area contributed by atoms with Crippen LogP contribution in [-0.4, -0.2) is 60.7 Å². The van der Waals surface area contributed by atoms with E-state index in [1.165, 1.54) is 18.9 Å². The first kappa shape index (κ1) is 24.5. The number of benzene rings is 2. The predicted octanol–water partition coefficient (Wildman–Crippen LogP) is 5.31. The third-order valence-corrected chi connectivity index (χ3v) is 9.04. The fourth-order valence-electron chi connectivity index (χ4n) is 6.69. The second-order valence-electron chi connectivity index (χ2n) is 11.2. The zero-order valence-corrected chi connectivity index (χ0v) is 21.1. The molecule has 0 spiro atoms. The van der Waals surface area contributed by atoms with Crippen molar-refractivity contribution in [2.24, 2.45) is 5.92 Å². The van der Waals surface area contributed by atoms with Crippen molar-refractivity contribution in [1.82, 2.24) is 4.90 Å². The Morgan fingerprint density at radius 2 is 1.74 bits per heavy atom. The molecule has 0 radical (unpaired) electrons. The lowest BCUT2D eigenvalue weighted by molar-refractivity contribution is -0.946. The van der Waals surface area contributed by atoms with Crippen LogP contribution in [0.4, 0.5) is 4.39 Å². The van der Waals surface area contributed by atoms with Crippen molar-refractivity contribution in [2.75, 3.05) is 39.3 Å². The topological polar surface area (TPSA) is 29.5 Å². The molecule has 0 amide bonds. The summed E-state index contributed by atoms with van der Waals surface area (Å²) in [7, 11) is 0. The van der Waals surface area contributed by atoms with Crippen LogP contribution in [0, 0.1) is 11.7 Å². The lowest BCUT2D eigenvalue weighted by Gasteiger charge is -2.52. The number of likely N-dealkylation sites (tertiary alicyclic amines) is 1. The van der Waals surface area contributed by atoms with Crippen LogP contribution in [0.25, 0.3) is 0 Å². The molecule has 4 heterocycles. The minimum atomic E-state index is -0.760. The van der Waals surface area contributed by atoms with Crippen LogP contribution in [0.15, 0.2) is 54.6 Å². The van der Waals surface area contributed by atoms with Gasteiger partial charge in [-0.25, -0.2) is 9.18 Å². The lowest BCUT2D eigenvalue weighted by atomic mass is 9.82. The Kier molecular flexibility index (Phi) is 7.26. The van der Waals surface area contributed by atoms with Crippen LogP contribution in [0.2, 0.25) is 0 Å². The molecule has 4 nitrogen and oxygen atoms in total. The third-order valence-electron chi connectivity index (χ3n) is 9.04. The van der Waals surface area contributed by atoms with Crippen molar-refractivity contribution >= 4 is 5.97 Å². The van der Waals surface area contributed by atoms with E-state index in [4.69, 9.17) is 4.74 Å². The quantitative estimate of drug-likeness (QED) is 0.398. The first-order valence-corrected chi connectivity index (χ1v) is 13.6. The van der Waals surface area contributed by atoms with E-state index in [2.05, 4.69) is 24.0 Å². The van der Waals surface area contributed by atoms with Crippen molar-refractivity contribution in [3.05, 3.63) is 71.5 Å². The number of carbonyl (C=O) groups is 1. The van der Waals surface area contributed by atoms with Crippen LogP contribution in [0.1, 0.15) is 56.6 Å². The highest BCUT2D eigenvalue weighted by molar-refractivity contribution is 5.82. The van der Waals surface area contributed by atoms with Gasteiger partial charge in [-0.05, 0) is 56.1 Å². The highest BCUT2D eigenvalue weighted by atomic mass is 19.1. The van der Waals surface area contributed by atoms with E-state index in [1.54, 1.807) is 12.1 Å². The van der Waals surface area contributed by atoms with Crippen LogP contribution in [0.5, 0.6) is 0 Å². The molecule has 6 rings (SSSR count). The molecule has 4 aliphatic heterocycles. The van der Waals surface area contributed by atoms with Gasteiger partial charge in [0.2, 0.25) is 0 Å². The molecule has 5 heteroatoms. The fourth-order valence-corrected chi connectivity index (χ4v) is 6.69. The number of nitrogens with zero attached hydrogens (tertiary/aromatic N) is 2. The molecule has 2 aromatic carbocycles. The summed E-state index contributed by atoms with van der Waals surface area (Å²) in [4.78, 5) is 16.4. The zero-order chi connectivity index (χ0) is 24.3. The molecule has 2 aromatic rings. The molecule has 0 N–H and O–H groups in total. The molecule has 35 heavy (non-hydrogen) atoms. The van der Waals surface area contributed by atoms with Gasteiger partial charge >= 0.3 is 5.97 Å². The average molecular weight is 480 g/mol. The van der Waals surface area contributed by atoms with E-state index >= 15 is 0 Å². The number of piperidine rings is 3. The van der Waals surface area contributed by atoms with Gasteiger partial charge in [-0.15, -0.1) is 0 Å². The summed E-state index contributed by atoms with van der Waals surface area (Å²) in [6.07, 6.45) is 7.74. The van der Waals surface area contributed by atoms with Gasteiger partial charge in [0, 0.05) is 25.2 Å². The second-order valence-corrected chi connectivity index (χ2v) is 11.2. The third kappa shape index (κ3) is 5.17. The van der Waals surface area contributed by atoms with E-state index in [1.807, 2.05) is 24.3 Å². The van der Waals surface area contributed by atoms with Crippen molar-refractivity contribution in [1.29, 1.82) is 0 Å². The van der Waals surface area contributed by atoms with Gasteiger partial charge in [-0.3, -0.25) is 4.90 Å². The molecule has 2 atom stereocenters. The number of hydrogen-bond acceptors (Lipinski definition) is 3. The van der Waals surface area contributed by atoms with Gasteiger partial charge in [0.15, 0.2) is 6.10 Å². The number of ether oxygens (including phenoxy) is 1. The molecule has 0 aliphatic carbocycles. The van der Waals surface area contributed by atoms with E-state index < -0.39 is 5.54 Å². The number of halogens is 1. The van der Waals surface area contributed by atoms with Crippen molar-refractivity contribution in [3.63, 3.8) is 0 Å². The summed E-state index contributed by atoms with van der Waals surface area (Å²) in [6.45, 7) is 8.07. The molecule has 4 fully saturated rings. The number of hydrogen-bond donors (Lipinski definition) is 0. The van der Waals surface area contributed by atoms with Gasteiger partial charge in [0.1, 0.15) is 17.9 Å². The SMILES string of the molecule is CC(C(=O)O[C@@H]1C[N+]2(CCc3cccc(F)c3)CCC1CC2)(c1ccccc1)N1CCCCCC1. The minimum Gasteiger partial charge on any atom is -0.454 e. The van der Waals surface area contributed by atoms with E-state index in [-0.39, 0.29) is 17.9 Å². The summed E-state index contributed by atoms with van der Waals surface area (Å²) < 4.78 is 21.1. The number of rotatable bonds is 7. The van der Waals surface area contributed by atoms with Gasteiger partial charge in [-0.2, -0.15) is 0 Å². The van der Waals surface area contributed by atoms with Gasteiger partial charge in [0.25, 0.3) is 0 Å². The molecule has 2 bridgehead atoms. The number of quaternary nitrogens is 1. The zero-order valence-electron chi connectivity index (χ0n) is 21.1. The van der Waals surface area contributed by atoms with E-state index in [9.17, 15) is 9.18 Å². The Bertz CT molecular complexity index is 996. The molecular formula is C30H40FN2O2+. The Hall–Kier alpha value is -2.24. The molecular weight excluding hydrogens is 439 g/mol. The Balaban J connectivity index is 1.32. The normalized spacial score (nSPS) is 28.7. The van der Waals surface area contributed by atoms with Crippen LogP contribution >= 0.6 is 0 Å². The van der Waals surface area contributed by atoms with Crippen LogP contribution in [-0.2, 0) is 21.5 Å². The second kappa shape index (κ2) is 10.4. The molecule has 0 saturated carbocycles. The van der Waals surface area contributed by atoms with Gasteiger partial charge in [0.05, 0.1) is 19.6 Å². The fraction of sp³-hybridized carbons (Fsp3) is 0.567. The maximum atomic E-state index is 14.0. The first-order chi connectivity index (χ1) is 17.0. The summed E-state index contributed by atoms with van der Waals surface area (Å²) >= 11 is 0.